The van der Waals surface area contributed by atoms with Gasteiger partial charge in [0.1, 0.15) is 12.4 Å². The number of rotatable bonds is 11. The SMILES string of the molecule is CN=C(NCc1cccc(OCCN(C)CCOC)c1)NC(C)c1ccccc1. The van der Waals surface area contributed by atoms with Crippen molar-refractivity contribution in [3.05, 3.63) is 65.7 Å². The maximum absolute atomic E-state index is 5.90. The minimum Gasteiger partial charge on any atom is -0.492 e. The molecule has 1 atom stereocenters. The zero-order valence-corrected chi connectivity index (χ0v) is 18.0. The van der Waals surface area contributed by atoms with Crippen LogP contribution >= 0.6 is 0 Å². The highest BCUT2D eigenvalue weighted by Crippen LogP contribution is 2.14. The van der Waals surface area contributed by atoms with E-state index >= 15 is 0 Å². The van der Waals surface area contributed by atoms with E-state index < -0.39 is 0 Å². The van der Waals surface area contributed by atoms with Crippen LogP contribution in [-0.4, -0.2) is 58.4 Å². The molecule has 6 heteroatoms. The lowest BCUT2D eigenvalue weighted by Gasteiger charge is -2.19. The van der Waals surface area contributed by atoms with E-state index in [-0.39, 0.29) is 6.04 Å². The maximum atomic E-state index is 5.90. The second kappa shape index (κ2) is 12.8. The number of nitrogens with zero attached hydrogens (tertiary/aromatic N) is 2. The molecule has 0 saturated heterocycles. The number of benzene rings is 2. The van der Waals surface area contributed by atoms with Crippen molar-refractivity contribution in [1.29, 1.82) is 0 Å². The van der Waals surface area contributed by atoms with Crippen LogP contribution < -0.4 is 15.4 Å². The number of likely N-dealkylation sites (N-methyl/N-ethyl adjacent to an activating group) is 1. The Hall–Kier alpha value is -2.57. The van der Waals surface area contributed by atoms with Crippen LogP contribution in [-0.2, 0) is 11.3 Å². The van der Waals surface area contributed by atoms with Crippen LogP contribution in [0.2, 0.25) is 0 Å². The molecular weight excluding hydrogens is 364 g/mol. The zero-order chi connectivity index (χ0) is 20.9. The summed E-state index contributed by atoms with van der Waals surface area (Å²) in [5, 5.41) is 6.80. The summed E-state index contributed by atoms with van der Waals surface area (Å²) in [4.78, 5) is 6.52. The van der Waals surface area contributed by atoms with Crippen LogP contribution in [0.15, 0.2) is 59.6 Å². The molecule has 158 valence electrons. The normalized spacial score (nSPS) is 12.7. The fourth-order valence-electron chi connectivity index (χ4n) is 2.83. The van der Waals surface area contributed by atoms with Gasteiger partial charge in [0.25, 0.3) is 0 Å². The third kappa shape index (κ3) is 8.54. The molecule has 0 aromatic heterocycles. The third-order valence-corrected chi connectivity index (χ3v) is 4.65. The zero-order valence-electron chi connectivity index (χ0n) is 18.0. The van der Waals surface area contributed by atoms with Gasteiger partial charge in [-0.3, -0.25) is 4.99 Å². The van der Waals surface area contributed by atoms with Crippen LogP contribution in [0.4, 0.5) is 0 Å². The maximum Gasteiger partial charge on any atom is 0.191 e. The van der Waals surface area contributed by atoms with Crippen molar-refractivity contribution in [2.75, 3.05) is 47.5 Å². The number of ether oxygens (including phenoxy) is 2. The highest BCUT2D eigenvalue weighted by atomic mass is 16.5. The summed E-state index contributed by atoms with van der Waals surface area (Å²) in [6.07, 6.45) is 0. The van der Waals surface area contributed by atoms with Gasteiger partial charge in [0.05, 0.1) is 12.6 Å². The molecule has 0 spiro atoms. The number of nitrogens with one attached hydrogen (secondary N) is 2. The molecule has 2 aromatic rings. The van der Waals surface area contributed by atoms with Gasteiger partial charge in [-0.25, -0.2) is 0 Å². The van der Waals surface area contributed by atoms with Crippen LogP contribution in [0.1, 0.15) is 24.1 Å². The molecule has 0 amide bonds. The molecule has 0 aliphatic rings. The van der Waals surface area contributed by atoms with Crippen LogP contribution in [0, 0.1) is 0 Å². The minimum atomic E-state index is 0.173. The van der Waals surface area contributed by atoms with Gasteiger partial charge in [0.15, 0.2) is 5.96 Å². The first-order chi connectivity index (χ1) is 14.1. The Bertz CT molecular complexity index is 737. The van der Waals surface area contributed by atoms with E-state index in [4.69, 9.17) is 9.47 Å². The van der Waals surface area contributed by atoms with Gasteiger partial charge in [-0.1, -0.05) is 42.5 Å². The molecule has 0 aliphatic heterocycles. The Morgan fingerprint density at radius 1 is 1.07 bits per heavy atom. The quantitative estimate of drug-likeness (QED) is 0.450. The average Bonchev–Trinajstić information content (AvgIpc) is 2.76. The topological polar surface area (TPSA) is 58.1 Å². The standard InChI is InChI=1S/C23H34N4O2/c1-19(21-10-6-5-7-11-21)26-23(24-2)25-18-20-9-8-12-22(17-20)29-16-14-27(3)13-15-28-4/h5-12,17,19H,13-16,18H2,1-4H3,(H2,24,25,26). The van der Waals surface area contributed by atoms with Crippen molar-refractivity contribution in [2.24, 2.45) is 4.99 Å². The largest absolute Gasteiger partial charge is 0.492 e. The molecule has 0 saturated carbocycles. The molecule has 0 fully saturated rings. The monoisotopic (exact) mass is 398 g/mol. The lowest BCUT2D eigenvalue weighted by molar-refractivity contribution is 0.150. The fraction of sp³-hybridized carbons (Fsp3) is 0.435. The van der Waals surface area contributed by atoms with Gasteiger partial charge in [-0.15, -0.1) is 0 Å². The molecular formula is C23H34N4O2. The molecule has 2 N–H and O–H groups in total. The molecule has 0 aliphatic carbocycles. The number of methoxy groups -OCH3 is 1. The van der Waals surface area contributed by atoms with Gasteiger partial charge in [0.2, 0.25) is 0 Å². The smallest absolute Gasteiger partial charge is 0.191 e. The van der Waals surface area contributed by atoms with E-state index in [1.165, 1.54) is 5.56 Å². The predicted molar refractivity (Wildman–Crippen MR) is 120 cm³/mol. The number of hydrogen-bond donors (Lipinski definition) is 2. The van der Waals surface area contributed by atoms with Crippen LogP contribution in [0.3, 0.4) is 0 Å². The van der Waals surface area contributed by atoms with Crippen molar-refractivity contribution in [3.63, 3.8) is 0 Å². The Balaban J connectivity index is 1.80. The summed E-state index contributed by atoms with van der Waals surface area (Å²) in [6.45, 7) is 5.94. The predicted octanol–water partition coefficient (Wildman–Crippen LogP) is 3.07. The van der Waals surface area contributed by atoms with E-state index in [0.717, 1.165) is 37.0 Å². The molecule has 2 rings (SSSR count). The highest BCUT2D eigenvalue weighted by Gasteiger charge is 2.07. The van der Waals surface area contributed by atoms with Crippen LogP contribution in [0.25, 0.3) is 0 Å². The summed E-state index contributed by atoms with van der Waals surface area (Å²) in [6, 6.07) is 18.7. The van der Waals surface area contributed by atoms with Gasteiger partial charge in [-0.2, -0.15) is 0 Å². The fourth-order valence-corrected chi connectivity index (χ4v) is 2.83. The van der Waals surface area contributed by atoms with Crippen molar-refractivity contribution >= 4 is 5.96 Å². The van der Waals surface area contributed by atoms with Gasteiger partial charge in [-0.05, 0) is 37.2 Å². The lowest BCUT2D eigenvalue weighted by Crippen LogP contribution is -2.38. The first kappa shape index (κ1) is 22.7. The van der Waals surface area contributed by atoms with E-state index in [1.807, 2.05) is 30.3 Å². The Morgan fingerprint density at radius 3 is 2.55 bits per heavy atom. The van der Waals surface area contributed by atoms with Crippen molar-refractivity contribution < 1.29 is 9.47 Å². The molecule has 0 radical (unpaired) electrons. The molecule has 6 nitrogen and oxygen atoms in total. The second-order valence-corrected chi connectivity index (χ2v) is 6.99. The summed E-state index contributed by atoms with van der Waals surface area (Å²) >= 11 is 0. The minimum absolute atomic E-state index is 0.173. The number of hydrogen-bond acceptors (Lipinski definition) is 4. The average molecular weight is 399 g/mol. The summed E-state index contributed by atoms with van der Waals surface area (Å²) in [5.41, 5.74) is 2.37. The highest BCUT2D eigenvalue weighted by molar-refractivity contribution is 5.80. The summed E-state index contributed by atoms with van der Waals surface area (Å²) in [7, 11) is 5.57. The van der Waals surface area contributed by atoms with E-state index in [0.29, 0.717) is 13.2 Å². The number of guanidine groups is 1. The van der Waals surface area contributed by atoms with Crippen LogP contribution in [0.5, 0.6) is 5.75 Å². The lowest BCUT2D eigenvalue weighted by atomic mass is 10.1. The molecule has 2 aromatic carbocycles. The Labute approximate surface area is 174 Å². The van der Waals surface area contributed by atoms with Gasteiger partial charge in [0, 0.05) is 33.8 Å². The number of aliphatic imine (C=N–C) groups is 1. The summed E-state index contributed by atoms with van der Waals surface area (Å²) < 4.78 is 11.0. The molecule has 29 heavy (non-hydrogen) atoms. The second-order valence-electron chi connectivity index (χ2n) is 6.99. The van der Waals surface area contributed by atoms with Gasteiger partial charge < -0.3 is 25.0 Å². The Morgan fingerprint density at radius 2 is 1.83 bits per heavy atom. The third-order valence-electron chi connectivity index (χ3n) is 4.65. The molecule has 1 unspecified atom stereocenters. The van der Waals surface area contributed by atoms with Gasteiger partial charge >= 0.3 is 0 Å². The van der Waals surface area contributed by atoms with Crippen molar-refractivity contribution in [2.45, 2.75) is 19.5 Å². The molecule has 0 heterocycles. The first-order valence-electron chi connectivity index (χ1n) is 10.0. The first-order valence-corrected chi connectivity index (χ1v) is 10.0. The van der Waals surface area contributed by atoms with E-state index in [1.54, 1.807) is 14.2 Å². The van der Waals surface area contributed by atoms with Crippen molar-refractivity contribution in [3.8, 4) is 5.75 Å². The molecule has 0 bridgehead atoms. The van der Waals surface area contributed by atoms with E-state index in [9.17, 15) is 0 Å². The van der Waals surface area contributed by atoms with E-state index in [2.05, 4.69) is 58.8 Å². The summed E-state index contributed by atoms with van der Waals surface area (Å²) in [5.74, 6) is 1.65. The Kier molecular flexibility index (Phi) is 10.0. The van der Waals surface area contributed by atoms with Crippen molar-refractivity contribution in [1.82, 2.24) is 15.5 Å².